The van der Waals surface area contributed by atoms with Crippen LogP contribution < -0.4 is 0 Å². The van der Waals surface area contributed by atoms with Gasteiger partial charge in [-0.1, -0.05) is 40.5 Å². The fraction of sp³-hybridized carbons (Fsp3) is 0.481. The smallest absolute Gasteiger partial charge is 0.248 e. The Morgan fingerprint density at radius 2 is 1.70 bits per heavy atom. The van der Waals surface area contributed by atoms with Crippen molar-refractivity contribution in [2.75, 3.05) is 6.61 Å². The van der Waals surface area contributed by atoms with Crippen molar-refractivity contribution in [2.45, 2.75) is 72.2 Å². The van der Waals surface area contributed by atoms with Crippen LogP contribution in [0.4, 0.5) is 22.0 Å². The van der Waals surface area contributed by atoms with Gasteiger partial charge in [-0.25, -0.2) is 26.6 Å². The Morgan fingerprint density at radius 1 is 1.05 bits per heavy atom. The van der Waals surface area contributed by atoms with Crippen molar-refractivity contribution in [1.29, 1.82) is 0 Å². The van der Waals surface area contributed by atoms with Crippen molar-refractivity contribution in [3.63, 3.8) is 0 Å². The van der Waals surface area contributed by atoms with Crippen molar-refractivity contribution in [3.8, 4) is 11.3 Å². The van der Waals surface area contributed by atoms with Gasteiger partial charge in [0.25, 0.3) is 0 Å². The molecule has 0 unspecified atom stereocenters. The van der Waals surface area contributed by atoms with E-state index in [1.165, 1.54) is 6.07 Å². The summed E-state index contributed by atoms with van der Waals surface area (Å²) in [5.74, 6) is -7.57. The summed E-state index contributed by atoms with van der Waals surface area (Å²) in [5, 5.41) is 51.0. The number of aromatic nitrogens is 3. The molecule has 8 nitrogen and oxygen atoms in total. The monoisotopic (exact) mass is 669 g/mol. The molecule has 3 aromatic rings. The minimum absolute atomic E-state index is 0.0627. The molecule has 0 spiro atoms. The van der Waals surface area contributed by atoms with Crippen LogP contribution in [0.25, 0.3) is 11.3 Å². The third kappa shape index (κ3) is 6.39. The number of ether oxygens (including phenoxy) is 1. The number of hydrogen-bond acceptors (Lipinski definition) is 8. The molecule has 0 amide bonds. The molecule has 16 heteroatoms. The van der Waals surface area contributed by atoms with Gasteiger partial charge in [0.2, 0.25) is 5.92 Å². The molecular weight excluding hydrogens is 644 g/mol. The molecule has 0 radical (unpaired) electrons. The fourth-order valence-corrected chi connectivity index (χ4v) is 7.52. The van der Waals surface area contributed by atoms with E-state index in [9.17, 15) is 42.4 Å². The first kappa shape index (κ1) is 32.4. The van der Waals surface area contributed by atoms with Crippen LogP contribution in [0, 0.1) is 17.5 Å². The molecule has 4 N–H and O–H groups in total. The Bertz CT molecular complexity index is 1450. The van der Waals surface area contributed by atoms with Crippen molar-refractivity contribution < 1.29 is 47.1 Å². The van der Waals surface area contributed by atoms with E-state index >= 15 is 0 Å². The number of aliphatic hydroxyl groups excluding tert-OH is 3. The summed E-state index contributed by atoms with van der Waals surface area (Å²) >= 11 is 13.6. The molecule has 1 saturated heterocycles. The second-order valence-electron chi connectivity index (χ2n) is 10.7. The predicted molar refractivity (Wildman–Crippen MR) is 147 cm³/mol. The normalized spacial score (nSPS) is 27.7. The first-order valence-electron chi connectivity index (χ1n) is 13.1. The molecule has 2 fully saturated rings. The average molecular weight is 670 g/mol. The van der Waals surface area contributed by atoms with Crippen LogP contribution in [-0.2, 0) is 4.74 Å². The molecule has 2 heterocycles. The summed E-state index contributed by atoms with van der Waals surface area (Å²) in [5.41, 5.74) is -3.02. The van der Waals surface area contributed by atoms with Gasteiger partial charge in [0, 0.05) is 18.4 Å². The number of aliphatic hydroxyl groups is 4. The largest absolute Gasteiger partial charge is 0.394 e. The maximum absolute atomic E-state index is 14.1. The highest BCUT2D eigenvalue weighted by atomic mass is 35.5. The summed E-state index contributed by atoms with van der Waals surface area (Å²) in [6, 6.07) is 4.69. The quantitative estimate of drug-likeness (QED) is 0.204. The van der Waals surface area contributed by atoms with Crippen LogP contribution >= 0.6 is 35.0 Å². The molecule has 1 aliphatic heterocycles. The average Bonchev–Trinajstić information content (AvgIpc) is 3.44. The van der Waals surface area contributed by atoms with E-state index in [-0.39, 0.29) is 34.1 Å². The Labute approximate surface area is 256 Å². The van der Waals surface area contributed by atoms with Gasteiger partial charge in [0.05, 0.1) is 33.7 Å². The number of thioether (sulfide) groups is 1. The predicted octanol–water partition coefficient (Wildman–Crippen LogP) is 5.06. The lowest BCUT2D eigenvalue weighted by Gasteiger charge is -2.46. The number of benzene rings is 2. The number of nitrogens with zero attached hydrogens (tertiary/aromatic N) is 3. The molecule has 2 aromatic carbocycles. The van der Waals surface area contributed by atoms with Crippen molar-refractivity contribution >= 4 is 35.0 Å². The van der Waals surface area contributed by atoms with Crippen LogP contribution in [0.2, 0.25) is 10.0 Å². The fourth-order valence-electron chi connectivity index (χ4n) is 5.41. The Hall–Kier alpha value is -2.04. The maximum atomic E-state index is 14.1. The lowest BCUT2D eigenvalue weighted by Crippen LogP contribution is -2.55. The standard InChI is InChI=1S/C27H26Cl2F5N3O5S/c28-14-3-1-2-13(19(14)29)24(26(41)4-6-27(33,34)7-5-26)43-25-23(40)21(22(39)18(11-38)42-25)37-10-17(35-36-37)12-8-15(30)20(32)16(31)9-12/h1-3,8-10,18,21-25,38-41H,4-7,11H2/t18-,21+,22+,23-,24+,25+/m1/s1. The zero-order chi connectivity index (χ0) is 31.3. The van der Waals surface area contributed by atoms with Gasteiger partial charge in [-0.2, -0.15) is 0 Å². The second-order valence-corrected chi connectivity index (χ2v) is 12.6. The van der Waals surface area contributed by atoms with Gasteiger partial charge in [0.1, 0.15) is 35.5 Å². The molecule has 0 bridgehead atoms. The Balaban J connectivity index is 1.49. The van der Waals surface area contributed by atoms with Crippen LogP contribution in [0.1, 0.15) is 42.5 Å². The summed E-state index contributed by atoms with van der Waals surface area (Å²) in [6.07, 6.45) is -5.14. The second kappa shape index (κ2) is 12.4. The van der Waals surface area contributed by atoms with Crippen molar-refractivity contribution in [1.82, 2.24) is 15.0 Å². The number of alkyl halides is 2. The zero-order valence-electron chi connectivity index (χ0n) is 22.1. The van der Waals surface area contributed by atoms with E-state index < -0.39 is 83.5 Å². The van der Waals surface area contributed by atoms with E-state index in [4.69, 9.17) is 27.9 Å². The van der Waals surface area contributed by atoms with E-state index in [0.29, 0.717) is 17.7 Å². The highest BCUT2D eigenvalue weighted by Crippen LogP contribution is 2.54. The van der Waals surface area contributed by atoms with Crippen molar-refractivity contribution in [2.24, 2.45) is 0 Å². The van der Waals surface area contributed by atoms with Gasteiger partial charge in [-0.3, -0.25) is 0 Å². The topological polar surface area (TPSA) is 121 Å². The van der Waals surface area contributed by atoms with E-state index in [1.807, 2.05) is 0 Å². The minimum Gasteiger partial charge on any atom is -0.394 e. The van der Waals surface area contributed by atoms with Gasteiger partial charge >= 0.3 is 0 Å². The molecule has 1 saturated carbocycles. The Morgan fingerprint density at radius 3 is 2.33 bits per heavy atom. The molecular formula is C27H26Cl2F5N3O5S. The molecule has 43 heavy (non-hydrogen) atoms. The number of rotatable bonds is 7. The molecule has 2 aliphatic rings. The zero-order valence-corrected chi connectivity index (χ0v) is 24.4. The first-order valence-corrected chi connectivity index (χ1v) is 14.8. The van der Waals surface area contributed by atoms with E-state index in [2.05, 4.69) is 10.3 Å². The third-order valence-electron chi connectivity index (χ3n) is 7.81. The van der Waals surface area contributed by atoms with E-state index in [0.717, 1.165) is 22.6 Å². The van der Waals surface area contributed by atoms with Crippen molar-refractivity contribution in [3.05, 3.63) is 69.6 Å². The SMILES string of the molecule is OC[C@H]1O[C@@H](S[C@@H](c2cccc(Cl)c2Cl)C2(O)CCC(F)(F)CC2)[C@H](O)[C@@H](n2cc(-c3cc(F)c(F)c(F)c3)nn2)[C@H]1O. The minimum atomic E-state index is -2.97. The number of halogens is 7. The lowest BCUT2D eigenvalue weighted by atomic mass is 9.78. The number of hydrogen-bond donors (Lipinski definition) is 4. The molecule has 234 valence electrons. The van der Waals surface area contributed by atoms with Crippen LogP contribution in [0.5, 0.6) is 0 Å². The van der Waals surface area contributed by atoms with E-state index in [1.54, 1.807) is 12.1 Å². The van der Waals surface area contributed by atoms with Crippen LogP contribution in [0.15, 0.2) is 36.5 Å². The lowest BCUT2D eigenvalue weighted by molar-refractivity contribution is -0.179. The molecule has 6 atom stereocenters. The highest BCUT2D eigenvalue weighted by Gasteiger charge is 2.52. The third-order valence-corrected chi connectivity index (χ3v) is 10.3. The van der Waals surface area contributed by atoms with Gasteiger partial charge in [-0.15, -0.1) is 16.9 Å². The highest BCUT2D eigenvalue weighted by molar-refractivity contribution is 8.00. The summed E-state index contributed by atoms with van der Waals surface area (Å²) in [6.45, 7) is -0.712. The maximum Gasteiger partial charge on any atom is 0.248 e. The summed E-state index contributed by atoms with van der Waals surface area (Å²) < 4.78 is 76.1. The van der Waals surface area contributed by atoms with Crippen LogP contribution in [0.3, 0.4) is 0 Å². The summed E-state index contributed by atoms with van der Waals surface area (Å²) in [4.78, 5) is 0. The van der Waals surface area contributed by atoms with Gasteiger partial charge in [-0.05, 0) is 36.6 Å². The molecule has 1 aliphatic carbocycles. The molecule has 5 rings (SSSR count). The molecule has 1 aromatic heterocycles. The first-order chi connectivity index (χ1) is 20.2. The van der Waals surface area contributed by atoms with Gasteiger partial charge < -0.3 is 25.2 Å². The Kier molecular flexibility index (Phi) is 9.33. The van der Waals surface area contributed by atoms with Crippen LogP contribution in [-0.4, -0.2) is 77.3 Å². The van der Waals surface area contributed by atoms with Gasteiger partial charge in [0.15, 0.2) is 17.5 Å². The summed E-state index contributed by atoms with van der Waals surface area (Å²) in [7, 11) is 0.